The van der Waals surface area contributed by atoms with Gasteiger partial charge in [0.25, 0.3) is 0 Å². The number of ether oxygens (including phenoxy) is 1. The predicted molar refractivity (Wildman–Crippen MR) is 97.7 cm³/mol. The molecule has 0 aliphatic heterocycles. The Kier molecular flexibility index (Phi) is 4.52. The van der Waals surface area contributed by atoms with Gasteiger partial charge in [-0.1, -0.05) is 36.4 Å². The van der Waals surface area contributed by atoms with E-state index in [2.05, 4.69) is 0 Å². The van der Waals surface area contributed by atoms with E-state index in [0.717, 1.165) is 27.8 Å². The SMILES string of the molecule is Cc1c(C)c2ccc(OC/C=C/c3ccccc3)c(C)c2oc1=O. The van der Waals surface area contributed by atoms with Gasteiger partial charge in [-0.25, -0.2) is 4.79 Å². The molecular formula is C21H20O3. The smallest absolute Gasteiger partial charge is 0.339 e. The molecule has 0 fully saturated rings. The van der Waals surface area contributed by atoms with Gasteiger partial charge in [0.05, 0.1) is 0 Å². The molecule has 0 bridgehead atoms. The van der Waals surface area contributed by atoms with Crippen LogP contribution in [0.1, 0.15) is 22.3 Å². The van der Waals surface area contributed by atoms with Crippen LogP contribution >= 0.6 is 0 Å². The Morgan fingerprint density at radius 2 is 1.71 bits per heavy atom. The molecule has 122 valence electrons. The fraction of sp³-hybridized carbons (Fsp3) is 0.190. The molecule has 0 aliphatic rings. The van der Waals surface area contributed by atoms with Crippen molar-refractivity contribution in [1.82, 2.24) is 0 Å². The summed E-state index contributed by atoms with van der Waals surface area (Å²) in [6, 6.07) is 13.9. The Morgan fingerprint density at radius 3 is 2.46 bits per heavy atom. The summed E-state index contributed by atoms with van der Waals surface area (Å²) in [7, 11) is 0. The van der Waals surface area contributed by atoms with E-state index in [9.17, 15) is 4.79 Å². The molecule has 24 heavy (non-hydrogen) atoms. The maximum absolute atomic E-state index is 11.9. The number of aryl methyl sites for hydroxylation is 2. The van der Waals surface area contributed by atoms with Crippen molar-refractivity contribution >= 4 is 17.0 Å². The van der Waals surface area contributed by atoms with Crippen molar-refractivity contribution in [1.29, 1.82) is 0 Å². The Labute approximate surface area is 141 Å². The monoisotopic (exact) mass is 320 g/mol. The fourth-order valence-electron chi connectivity index (χ4n) is 2.67. The standard InChI is InChI=1S/C21H20O3/c1-14-15(2)21(22)24-20-16(3)19(12-11-18(14)20)23-13-7-10-17-8-5-4-6-9-17/h4-12H,13H2,1-3H3/b10-7+. The molecule has 0 saturated heterocycles. The van der Waals surface area contributed by atoms with Crippen LogP contribution in [0.2, 0.25) is 0 Å². The van der Waals surface area contributed by atoms with Gasteiger partial charge in [-0.3, -0.25) is 0 Å². The number of rotatable bonds is 4. The summed E-state index contributed by atoms with van der Waals surface area (Å²) in [5.41, 5.74) is 3.91. The molecule has 1 aromatic heterocycles. The summed E-state index contributed by atoms with van der Waals surface area (Å²) < 4.78 is 11.3. The summed E-state index contributed by atoms with van der Waals surface area (Å²) in [6.07, 6.45) is 3.99. The van der Waals surface area contributed by atoms with Crippen molar-refractivity contribution in [2.45, 2.75) is 20.8 Å². The summed E-state index contributed by atoms with van der Waals surface area (Å²) in [5.74, 6) is 0.728. The first kappa shape index (κ1) is 16.1. The Morgan fingerprint density at radius 1 is 0.958 bits per heavy atom. The molecular weight excluding hydrogens is 300 g/mol. The van der Waals surface area contributed by atoms with Crippen LogP contribution in [0.25, 0.3) is 17.0 Å². The minimum absolute atomic E-state index is 0.288. The predicted octanol–water partition coefficient (Wildman–Crippen LogP) is 4.81. The van der Waals surface area contributed by atoms with Crippen LogP contribution < -0.4 is 10.4 Å². The van der Waals surface area contributed by atoms with Crippen LogP contribution in [0.15, 0.2) is 57.8 Å². The fourth-order valence-corrected chi connectivity index (χ4v) is 2.67. The molecule has 0 radical (unpaired) electrons. The Bertz CT molecular complexity index is 950. The molecule has 3 aromatic rings. The number of benzene rings is 2. The molecule has 0 spiro atoms. The van der Waals surface area contributed by atoms with Crippen LogP contribution in [0.3, 0.4) is 0 Å². The van der Waals surface area contributed by atoms with Crippen LogP contribution in [0, 0.1) is 20.8 Å². The first-order chi connectivity index (χ1) is 11.6. The first-order valence-corrected chi connectivity index (χ1v) is 7.96. The molecule has 0 amide bonds. The molecule has 3 rings (SSSR count). The molecule has 1 heterocycles. The van der Waals surface area contributed by atoms with Gasteiger partial charge in [0, 0.05) is 16.5 Å². The lowest BCUT2D eigenvalue weighted by atomic mass is 10.0. The zero-order valence-electron chi connectivity index (χ0n) is 14.1. The van der Waals surface area contributed by atoms with E-state index in [0.29, 0.717) is 17.8 Å². The van der Waals surface area contributed by atoms with Gasteiger partial charge in [0.15, 0.2) is 0 Å². The highest BCUT2D eigenvalue weighted by Crippen LogP contribution is 2.29. The topological polar surface area (TPSA) is 39.4 Å². The van der Waals surface area contributed by atoms with E-state index in [1.165, 1.54) is 0 Å². The second kappa shape index (κ2) is 6.75. The molecule has 0 atom stereocenters. The van der Waals surface area contributed by atoms with Gasteiger partial charge in [-0.2, -0.15) is 0 Å². The highest BCUT2D eigenvalue weighted by molar-refractivity contribution is 5.85. The molecule has 0 aliphatic carbocycles. The van der Waals surface area contributed by atoms with Crippen molar-refractivity contribution in [3.8, 4) is 5.75 Å². The van der Waals surface area contributed by atoms with Crippen LogP contribution in [0.4, 0.5) is 0 Å². The van der Waals surface area contributed by atoms with Gasteiger partial charge in [-0.15, -0.1) is 0 Å². The molecule has 0 saturated carbocycles. The average molecular weight is 320 g/mol. The summed E-state index contributed by atoms with van der Waals surface area (Å²) >= 11 is 0. The Hall–Kier alpha value is -2.81. The highest BCUT2D eigenvalue weighted by Gasteiger charge is 2.12. The summed E-state index contributed by atoms with van der Waals surface area (Å²) in [6.45, 7) is 6.10. The lowest BCUT2D eigenvalue weighted by Gasteiger charge is -2.11. The van der Waals surface area contributed by atoms with Crippen molar-refractivity contribution in [3.63, 3.8) is 0 Å². The summed E-state index contributed by atoms with van der Waals surface area (Å²) in [5, 5.41) is 0.955. The van der Waals surface area contributed by atoms with E-state index in [1.807, 2.05) is 68.5 Å². The molecule has 0 N–H and O–H groups in total. The normalized spacial score (nSPS) is 11.3. The second-order valence-electron chi connectivity index (χ2n) is 5.83. The van der Waals surface area contributed by atoms with Gasteiger partial charge in [0.1, 0.15) is 17.9 Å². The number of hydrogen-bond acceptors (Lipinski definition) is 3. The third-order valence-electron chi connectivity index (χ3n) is 4.27. The van der Waals surface area contributed by atoms with E-state index in [4.69, 9.17) is 9.15 Å². The zero-order valence-corrected chi connectivity index (χ0v) is 14.1. The third-order valence-corrected chi connectivity index (χ3v) is 4.27. The largest absolute Gasteiger partial charge is 0.489 e. The molecule has 3 nitrogen and oxygen atoms in total. The highest BCUT2D eigenvalue weighted by atomic mass is 16.5. The van der Waals surface area contributed by atoms with E-state index in [-0.39, 0.29) is 5.63 Å². The zero-order chi connectivity index (χ0) is 17.1. The van der Waals surface area contributed by atoms with E-state index < -0.39 is 0 Å². The average Bonchev–Trinajstić information content (AvgIpc) is 2.60. The van der Waals surface area contributed by atoms with Gasteiger partial charge < -0.3 is 9.15 Å². The minimum Gasteiger partial charge on any atom is -0.489 e. The first-order valence-electron chi connectivity index (χ1n) is 7.96. The number of fused-ring (bicyclic) bond motifs is 1. The molecule has 3 heteroatoms. The van der Waals surface area contributed by atoms with Gasteiger partial charge >= 0.3 is 5.63 Å². The maximum atomic E-state index is 11.9. The van der Waals surface area contributed by atoms with E-state index in [1.54, 1.807) is 6.92 Å². The van der Waals surface area contributed by atoms with Crippen LogP contribution in [-0.4, -0.2) is 6.61 Å². The van der Waals surface area contributed by atoms with Crippen LogP contribution in [-0.2, 0) is 0 Å². The molecule has 2 aromatic carbocycles. The van der Waals surface area contributed by atoms with Crippen molar-refractivity contribution < 1.29 is 9.15 Å². The van der Waals surface area contributed by atoms with E-state index >= 15 is 0 Å². The van der Waals surface area contributed by atoms with Crippen molar-refractivity contribution in [2.75, 3.05) is 6.61 Å². The quantitative estimate of drug-likeness (QED) is 0.648. The molecule has 0 unspecified atom stereocenters. The van der Waals surface area contributed by atoms with Crippen LogP contribution in [0.5, 0.6) is 5.75 Å². The lowest BCUT2D eigenvalue weighted by Crippen LogP contribution is -2.06. The van der Waals surface area contributed by atoms with Gasteiger partial charge in [-0.05, 0) is 50.1 Å². The summed E-state index contributed by atoms with van der Waals surface area (Å²) in [4.78, 5) is 11.9. The maximum Gasteiger partial charge on any atom is 0.339 e. The second-order valence-corrected chi connectivity index (χ2v) is 5.83. The Balaban J connectivity index is 1.83. The minimum atomic E-state index is -0.288. The lowest BCUT2D eigenvalue weighted by molar-refractivity contribution is 0.360. The van der Waals surface area contributed by atoms with Crippen molar-refractivity contribution in [2.24, 2.45) is 0 Å². The third kappa shape index (κ3) is 3.11. The van der Waals surface area contributed by atoms with Crippen molar-refractivity contribution in [3.05, 3.63) is 81.2 Å². The number of hydrogen-bond donors (Lipinski definition) is 0. The van der Waals surface area contributed by atoms with Gasteiger partial charge in [0.2, 0.25) is 0 Å².